The molecule has 1 aromatic heterocycles. The van der Waals surface area contributed by atoms with E-state index in [-0.39, 0.29) is 9.80 Å². The predicted octanol–water partition coefficient (Wildman–Crippen LogP) is 0.965. The number of esters is 1. The fourth-order valence-electron chi connectivity index (χ4n) is 2.36. The summed E-state index contributed by atoms with van der Waals surface area (Å²) in [4.78, 5) is 11.4. The molecule has 8 heteroatoms. The van der Waals surface area contributed by atoms with Gasteiger partial charge in [0.1, 0.15) is 10.7 Å². The highest BCUT2D eigenvalue weighted by molar-refractivity contribution is 7.96. The minimum Gasteiger partial charge on any atom is -0.465 e. The number of nitrogens with zero attached hydrogens (tertiary/aromatic N) is 1. The van der Waals surface area contributed by atoms with E-state index in [9.17, 15) is 13.2 Å². The summed E-state index contributed by atoms with van der Waals surface area (Å²) >= 11 is 0. The minimum absolute atomic E-state index is 0.124. The third kappa shape index (κ3) is 2.34. The van der Waals surface area contributed by atoms with Crippen LogP contribution in [0.3, 0.4) is 0 Å². The van der Waals surface area contributed by atoms with Crippen molar-refractivity contribution in [3.8, 4) is 0 Å². The van der Waals surface area contributed by atoms with Crippen molar-refractivity contribution in [2.24, 2.45) is 0 Å². The molecule has 0 amide bonds. The van der Waals surface area contributed by atoms with E-state index in [1.807, 2.05) is 11.5 Å². The zero-order valence-corrected chi connectivity index (χ0v) is 13.2. The highest BCUT2D eigenvalue weighted by atomic mass is 32.2. The maximum Gasteiger partial charge on any atom is 0.351 e. The van der Waals surface area contributed by atoms with Crippen molar-refractivity contribution in [3.63, 3.8) is 0 Å². The lowest BCUT2D eigenvalue weighted by Crippen LogP contribution is -2.22. The van der Waals surface area contributed by atoms with E-state index >= 15 is 0 Å². The maximum atomic E-state index is 12.6. The van der Waals surface area contributed by atoms with Crippen molar-refractivity contribution < 1.29 is 22.7 Å². The van der Waals surface area contributed by atoms with Crippen LogP contribution in [0, 0.1) is 13.8 Å². The molecule has 0 aromatic carbocycles. The average molecular weight is 314 g/mol. The molecule has 0 saturated heterocycles. The number of carbonyl (C=O) groups excluding carboxylic acids is 1. The smallest absolute Gasteiger partial charge is 0.351 e. The van der Waals surface area contributed by atoms with E-state index in [0.29, 0.717) is 24.5 Å². The largest absolute Gasteiger partial charge is 0.465 e. The van der Waals surface area contributed by atoms with Crippen molar-refractivity contribution in [1.29, 1.82) is 0 Å². The molecule has 1 aromatic rings. The van der Waals surface area contributed by atoms with Crippen LogP contribution < -0.4 is 5.32 Å². The number of fused-ring (bicyclic) bond motifs is 1. The van der Waals surface area contributed by atoms with Crippen LogP contribution in [0.4, 0.5) is 5.82 Å². The summed E-state index contributed by atoms with van der Waals surface area (Å²) in [5.74, 6) is -0.426. The maximum absolute atomic E-state index is 12.6. The van der Waals surface area contributed by atoms with Gasteiger partial charge in [-0.3, -0.25) is 0 Å². The van der Waals surface area contributed by atoms with Crippen LogP contribution in [0.25, 0.3) is 0 Å². The lowest BCUT2D eigenvalue weighted by molar-refractivity contribution is -0.135. The van der Waals surface area contributed by atoms with Crippen LogP contribution in [0.1, 0.15) is 11.3 Å². The summed E-state index contributed by atoms with van der Waals surface area (Å²) in [7, 11) is -1.16. The van der Waals surface area contributed by atoms with Gasteiger partial charge in [0.2, 0.25) is 9.84 Å². The Morgan fingerprint density at radius 1 is 1.33 bits per heavy atom. The monoisotopic (exact) mass is 314 g/mol. The molecule has 0 atom stereocenters. The normalized spacial score (nSPS) is 15.9. The van der Waals surface area contributed by atoms with Gasteiger partial charge in [0.25, 0.3) is 0 Å². The molecule has 0 saturated carbocycles. The first-order valence-corrected chi connectivity index (χ1v) is 7.83. The van der Waals surface area contributed by atoms with Crippen molar-refractivity contribution >= 4 is 21.6 Å². The van der Waals surface area contributed by atoms with E-state index in [2.05, 4.69) is 10.1 Å². The van der Waals surface area contributed by atoms with Gasteiger partial charge in [0.05, 0.1) is 13.7 Å². The average Bonchev–Trinajstić information content (AvgIpc) is 2.69. The molecule has 116 valence electrons. The first kappa shape index (κ1) is 15.6. The van der Waals surface area contributed by atoms with Crippen LogP contribution in [0.15, 0.2) is 16.0 Å². The zero-order valence-electron chi connectivity index (χ0n) is 12.4. The summed E-state index contributed by atoms with van der Waals surface area (Å²) in [5, 5.41) is 2.89. The summed E-state index contributed by atoms with van der Waals surface area (Å²) in [6, 6.07) is 0. The van der Waals surface area contributed by atoms with Gasteiger partial charge < -0.3 is 19.4 Å². The molecule has 0 fully saturated rings. The van der Waals surface area contributed by atoms with Crippen LogP contribution in [0.2, 0.25) is 0 Å². The number of aromatic nitrogens is 1. The van der Waals surface area contributed by atoms with E-state index in [1.54, 1.807) is 14.0 Å². The Labute approximate surface area is 123 Å². The van der Waals surface area contributed by atoms with Gasteiger partial charge in [0.15, 0.2) is 4.91 Å². The quantitative estimate of drug-likeness (QED) is 0.833. The van der Waals surface area contributed by atoms with E-state index in [1.165, 1.54) is 6.20 Å². The van der Waals surface area contributed by atoms with Crippen LogP contribution >= 0.6 is 0 Å². The number of rotatable bonds is 4. The topological polar surface area (TPSA) is 86.6 Å². The van der Waals surface area contributed by atoms with Gasteiger partial charge in [-0.1, -0.05) is 0 Å². The number of methoxy groups -OCH3 is 2. The summed E-state index contributed by atoms with van der Waals surface area (Å²) in [6.07, 6.45) is 1.17. The van der Waals surface area contributed by atoms with Gasteiger partial charge in [-0.15, -0.1) is 0 Å². The zero-order chi connectivity index (χ0) is 15.8. The van der Waals surface area contributed by atoms with E-state index in [0.717, 1.165) is 12.8 Å². The highest BCUT2D eigenvalue weighted by Crippen LogP contribution is 2.38. The van der Waals surface area contributed by atoms with Crippen LogP contribution in [0.5, 0.6) is 0 Å². The van der Waals surface area contributed by atoms with Crippen molar-refractivity contribution in [3.05, 3.63) is 22.4 Å². The van der Waals surface area contributed by atoms with Gasteiger partial charge in [-0.05, 0) is 19.4 Å². The second-order valence-electron chi connectivity index (χ2n) is 4.68. The lowest BCUT2D eigenvalue weighted by Gasteiger charge is -2.17. The van der Waals surface area contributed by atoms with Crippen molar-refractivity contribution in [1.82, 2.24) is 4.57 Å². The number of ether oxygens (including phenoxy) is 2. The molecule has 2 heterocycles. The van der Waals surface area contributed by atoms with Crippen molar-refractivity contribution in [2.75, 3.05) is 26.1 Å². The number of carbonyl (C=O) groups is 1. The van der Waals surface area contributed by atoms with Crippen LogP contribution in [-0.2, 0) is 30.7 Å². The molecule has 0 unspecified atom stereocenters. The van der Waals surface area contributed by atoms with Gasteiger partial charge >= 0.3 is 5.97 Å². The summed E-state index contributed by atoms with van der Waals surface area (Å²) in [6.45, 7) is 4.52. The van der Waals surface area contributed by atoms with Gasteiger partial charge in [-0.25, -0.2) is 13.2 Å². The van der Waals surface area contributed by atoms with E-state index in [4.69, 9.17) is 4.74 Å². The Hall–Kier alpha value is -1.80. The SMILES string of the molecule is COCCn1c(C)c(C)c2c1NC=C(C(=O)OC)S2(=O)=O. The molecule has 0 radical (unpaired) electrons. The Kier molecular flexibility index (Phi) is 4.11. The second kappa shape index (κ2) is 5.53. The fraction of sp³-hybridized carbons (Fsp3) is 0.462. The third-order valence-electron chi connectivity index (χ3n) is 3.58. The molecule has 1 N–H and O–H groups in total. The Bertz CT molecular complexity index is 715. The first-order valence-electron chi connectivity index (χ1n) is 6.35. The molecule has 1 aliphatic heterocycles. The molecule has 21 heavy (non-hydrogen) atoms. The molecule has 7 nitrogen and oxygen atoms in total. The van der Waals surface area contributed by atoms with Gasteiger partial charge in [0, 0.05) is 25.5 Å². The Morgan fingerprint density at radius 3 is 2.57 bits per heavy atom. The summed E-state index contributed by atoms with van der Waals surface area (Å²) < 4.78 is 36.6. The highest BCUT2D eigenvalue weighted by Gasteiger charge is 2.37. The summed E-state index contributed by atoms with van der Waals surface area (Å²) in [5.41, 5.74) is 1.43. The first-order chi connectivity index (χ1) is 9.86. The molecule has 1 aliphatic rings. The molecule has 0 spiro atoms. The minimum atomic E-state index is -3.89. The van der Waals surface area contributed by atoms with Crippen LogP contribution in [-0.4, -0.2) is 39.8 Å². The Morgan fingerprint density at radius 2 is 2.00 bits per heavy atom. The number of anilines is 1. The number of nitrogens with one attached hydrogen (secondary N) is 1. The fourth-order valence-corrected chi connectivity index (χ4v) is 4.07. The second-order valence-corrected chi connectivity index (χ2v) is 6.54. The molecule has 2 rings (SSSR count). The molecule has 0 aliphatic carbocycles. The van der Waals surface area contributed by atoms with Crippen molar-refractivity contribution in [2.45, 2.75) is 25.3 Å². The standard InChI is InChI=1S/C13H18N2O5S/c1-8-9(2)15(5-6-19-3)12-11(8)21(17,18)10(7-14-12)13(16)20-4/h7,14H,5-6H2,1-4H3. The molecular formula is C13H18N2O5S. The van der Waals surface area contributed by atoms with Gasteiger partial charge in [-0.2, -0.15) is 0 Å². The predicted molar refractivity (Wildman–Crippen MR) is 76.7 cm³/mol. The van der Waals surface area contributed by atoms with E-state index < -0.39 is 15.8 Å². The molecule has 0 bridgehead atoms. The number of hydrogen-bond acceptors (Lipinski definition) is 6. The lowest BCUT2D eigenvalue weighted by atomic mass is 10.3. The third-order valence-corrected chi connectivity index (χ3v) is 5.48. The number of hydrogen-bond donors (Lipinski definition) is 1. The number of sulfone groups is 1. The Balaban J connectivity index is 2.60. The molecular weight excluding hydrogens is 296 g/mol.